The van der Waals surface area contributed by atoms with Crippen molar-refractivity contribution >= 4 is 45.7 Å². The first kappa shape index (κ1) is 23.0. The fraction of sp³-hybridized carbons (Fsp3) is 0.290. The smallest absolute Gasteiger partial charge is 0.376 e. The highest BCUT2D eigenvalue weighted by Gasteiger charge is 2.75. The number of ether oxygens (including phenoxy) is 2. The van der Waals surface area contributed by atoms with Gasteiger partial charge in [0, 0.05) is 34.6 Å². The summed E-state index contributed by atoms with van der Waals surface area (Å²) in [5.41, 5.74) is 9.97. The zero-order valence-corrected chi connectivity index (χ0v) is 23.6. The van der Waals surface area contributed by atoms with Crippen LogP contribution in [0.15, 0.2) is 58.6 Å². The van der Waals surface area contributed by atoms with Crippen molar-refractivity contribution in [3.05, 3.63) is 80.9 Å². The number of anilines is 2. The van der Waals surface area contributed by atoms with Crippen molar-refractivity contribution in [2.45, 2.75) is 58.7 Å². The highest BCUT2D eigenvalue weighted by Crippen LogP contribution is 2.48. The van der Waals surface area contributed by atoms with Gasteiger partial charge in [-0.2, -0.15) is 0 Å². The molecule has 0 radical (unpaired) electrons. The van der Waals surface area contributed by atoms with Gasteiger partial charge in [-0.15, -0.1) is 0 Å². The Balaban J connectivity index is 1.32. The highest BCUT2D eigenvalue weighted by atomic mass is 32.2. The first-order valence-corrected chi connectivity index (χ1v) is 14.5. The van der Waals surface area contributed by atoms with Crippen molar-refractivity contribution in [3.8, 4) is 11.5 Å². The summed E-state index contributed by atoms with van der Waals surface area (Å²) < 4.78 is 30.3. The Morgan fingerprint density at radius 2 is 1.15 bits per heavy atom. The number of hydrogen-bond acceptors (Lipinski definition) is 5. The molecule has 1 spiro atoms. The molecule has 0 aromatic heterocycles. The van der Waals surface area contributed by atoms with Gasteiger partial charge in [0.05, 0.1) is 43.8 Å². The number of nitrogens with one attached hydrogen (secondary N) is 2. The summed E-state index contributed by atoms with van der Waals surface area (Å²) in [7, 11) is -1.21. The molecule has 39 heavy (non-hydrogen) atoms. The zero-order chi connectivity index (χ0) is 27.1. The van der Waals surface area contributed by atoms with E-state index in [9.17, 15) is 4.21 Å². The van der Waals surface area contributed by atoms with E-state index in [2.05, 4.69) is 101 Å². The van der Waals surface area contributed by atoms with Gasteiger partial charge in [-0.3, -0.25) is 0 Å². The molecule has 6 aliphatic heterocycles. The van der Waals surface area contributed by atoms with Crippen molar-refractivity contribution in [2.75, 3.05) is 10.6 Å². The summed E-state index contributed by atoms with van der Waals surface area (Å²) in [5, 5.41) is 10.8. The monoisotopic (exact) mass is 538 g/mol. The lowest BCUT2D eigenvalue weighted by Gasteiger charge is -2.34. The molecule has 2 aromatic carbocycles. The Bertz CT molecular complexity index is 1670. The van der Waals surface area contributed by atoms with Gasteiger partial charge in [0.2, 0.25) is 0 Å². The topological polar surface area (TPSA) is 65.6 Å². The average Bonchev–Trinajstić information content (AvgIpc) is 3.30. The van der Waals surface area contributed by atoms with E-state index < -0.39 is 16.8 Å². The van der Waals surface area contributed by atoms with E-state index in [0.717, 1.165) is 56.5 Å². The van der Waals surface area contributed by atoms with Crippen LogP contribution >= 0.6 is 0 Å². The summed E-state index contributed by atoms with van der Waals surface area (Å²) >= 11 is 0. The van der Waals surface area contributed by atoms with Gasteiger partial charge >= 0.3 is 17.4 Å². The van der Waals surface area contributed by atoms with Crippen LogP contribution in [0.3, 0.4) is 0 Å². The largest absolute Gasteiger partial charge is 0.715 e. The molecule has 0 bridgehead atoms. The molecule has 2 N–H and O–H groups in total. The van der Waals surface area contributed by atoms with Crippen LogP contribution in [0.25, 0.3) is 11.1 Å². The van der Waals surface area contributed by atoms with Crippen LogP contribution in [0.4, 0.5) is 11.4 Å². The molecule has 2 aromatic rings. The van der Waals surface area contributed by atoms with Gasteiger partial charge in [-0.1, -0.05) is 12.2 Å². The Labute approximate surface area is 230 Å². The summed E-state index contributed by atoms with van der Waals surface area (Å²) in [6.07, 6.45) is 8.60. The standard InChI is InChI=1S/C31H28N4O3S/c1-17-11-29(3,4)32-23-9-27-19(7-21(17)23)13-34-25-15-39(36)16-26(25)35-14-20-8-22-18(2)12-30(5,6)33-24(22)10-28(20)38-31(34,35)37-27/h7-16H,1-6H3/p+2. The fourth-order valence-electron chi connectivity index (χ4n) is 6.68. The summed E-state index contributed by atoms with van der Waals surface area (Å²) in [4.78, 5) is 0. The summed E-state index contributed by atoms with van der Waals surface area (Å²) in [6.45, 7) is 12.9. The minimum Gasteiger partial charge on any atom is -0.376 e. The molecule has 0 unspecified atom stereocenters. The van der Waals surface area contributed by atoms with E-state index in [4.69, 9.17) is 9.47 Å². The van der Waals surface area contributed by atoms with E-state index in [1.807, 2.05) is 9.15 Å². The minimum absolute atomic E-state index is 0.162. The molecule has 0 atom stereocenters. The quantitative estimate of drug-likeness (QED) is 0.445. The molecule has 0 saturated carbocycles. The van der Waals surface area contributed by atoms with Crippen LogP contribution in [0.5, 0.6) is 11.5 Å². The number of nitrogens with zero attached hydrogens (tertiary/aromatic N) is 2. The SMILES string of the molecule is CC1=CC(C)(C)Nc2cc3c(cc21)C=[N+]1C2=CS(=O)C=C2[N+]2=Cc4cc5c(cc4OC12O3)NC(C)(C)C=C5C. The Kier molecular flexibility index (Phi) is 4.12. The molecular formula is C31H30N4O3S+2. The highest BCUT2D eigenvalue weighted by molar-refractivity contribution is 7.91. The third-order valence-electron chi connectivity index (χ3n) is 8.09. The van der Waals surface area contributed by atoms with Crippen LogP contribution in [0.2, 0.25) is 0 Å². The second-order valence-electron chi connectivity index (χ2n) is 12.3. The van der Waals surface area contributed by atoms with Crippen molar-refractivity contribution in [3.63, 3.8) is 0 Å². The first-order valence-electron chi connectivity index (χ1n) is 13.2. The van der Waals surface area contributed by atoms with Gasteiger partial charge in [-0.05, 0) is 74.0 Å². The molecule has 6 aliphatic rings. The zero-order valence-electron chi connectivity index (χ0n) is 22.8. The summed E-state index contributed by atoms with van der Waals surface area (Å²) in [5.74, 6) is 1.45. The maximum atomic E-state index is 12.6. The van der Waals surface area contributed by atoms with E-state index in [0.29, 0.717) is 0 Å². The molecule has 0 amide bonds. The van der Waals surface area contributed by atoms with E-state index >= 15 is 0 Å². The molecule has 196 valence electrons. The Morgan fingerprint density at radius 1 is 0.718 bits per heavy atom. The Hall–Kier alpha value is -3.91. The maximum Gasteiger partial charge on any atom is 0.715 e. The number of hydrogen-bond donors (Lipinski definition) is 2. The molecule has 1 saturated heterocycles. The lowest BCUT2D eigenvalue weighted by Crippen LogP contribution is -2.59. The van der Waals surface area contributed by atoms with Crippen LogP contribution in [0.1, 0.15) is 63.8 Å². The molecule has 8 rings (SSSR count). The number of allylic oxidation sites excluding steroid dienone is 2. The average molecular weight is 539 g/mol. The van der Waals surface area contributed by atoms with Gasteiger partial charge in [0.25, 0.3) is 0 Å². The van der Waals surface area contributed by atoms with Gasteiger partial charge in [0.1, 0.15) is 0 Å². The summed E-state index contributed by atoms with van der Waals surface area (Å²) in [6, 6.07) is 7.16. The minimum atomic E-state index is -1.30. The van der Waals surface area contributed by atoms with Crippen molar-refractivity contribution in [2.24, 2.45) is 0 Å². The second kappa shape index (κ2) is 6.99. The maximum absolute atomic E-state index is 12.6. The van der Waals surface area contributed by atoms with E-state index in [1.54, 1.807) is 10.8 Å². The normalized spacial score (nSPS) is 23.4. The van der Waals surface area contributed by atoms with Crippen molar-refractivity contribution in [1.29, 1.82) is 0 Å². The molecule has 1 fully saturated rings. The molecule has 7 nitrogen and oxygen atoms in total. The predicted octanol–water partition coefficient (Wildman–Crippen LogP) is 5.32. The third kappa shape index (κ3) is 3.12. The first-order chi connectivity index (χ1) is 18.4. The van der Waals surface area contributed by atoms with E-state index in [1.165, 1.54) is 11.1 Å². The number of rotatable bonds is 0. The number of fused-ring (bicyclic) bond motifs is 7. The van der Waals surface area contributed by atoms with Crippen molar-refractivity contribution in [1.82, 2.24) is 0 Å². The van der Waals surface area contributed by atoms with Crippen LogP contribution < -0.4 is 20.1 Å². The second-order valence-corrected chi connectivity index (χ2v) is 13.4. The van der Waals surface area contributed by atoms with Gasteiger partial charge in [-0.25, -0.2) is 4.21 Å². The van der Waals surface area contributed by atoms with E-state index in [-0.39, 0.29) is 11.1 Å². The van der Waals surface area contributed by atoms with Crippen LogP contribution in [-0.2, 0) is 10.8 Å². The molecule has 0 aliphatic carbocycles. The van der Waals surface area contributed by atoms with Gasteiger partial charge < -0.3 is 20.1 Å². The fourth-order valence-corrected chi connectivity index (χ4v) is 7.65. The van der Waals surface area contributed by atoms with Crippen LogP contribution in [-0.4, -0.2) is 42.9 Å². The Morgan fingerprint density at radius 3 is 1.59 bits per heavy atom. The van der Waals surface area contributed by atoms with Gasteiger partial charge in [0.15, 0.2) is 23.9 Å². The lowest BCUT2D eigenvalue weighted by atomic mass is 9.90. The number of benzene rings is 2. The van der Waals surface area contributed by atoms with Crippen molar-refractivity contribution < 1.29 is 22.8 Å². The van der Waals surface area contributed by atoms with Crippen LogP contribution in [0, 0.1) is 0 Å². The molecule has 6 heterocycles. The predicted molar refractivity (Wildman–Crippen MR) is 155 cm³/mol. The lowest BCUT2D eigenvalue weighted by molar-refractivity contribution is -0.838. The molecule has 8 heteroatoms. The molecular weight excluding hydrogens is 508 g/mol. The third-order valence-corrected chi connectivity index (χ3v) is 9.00.